The first-order valence-electron chi connectivity index (χ1n) is 6.48. The first-order valence-corrected chi connectivity index (χ1v) is 8.32. The third-order valence-electron chi connectivity index (χ3n) is 2.85. The van der Waals surface area contributed by atoms with Gasteiger partial charge in [-0.05, 0) is 47.3 Å². The van der Waals surface area contributed by atoms with Crippen LogP contribution in [0.3, 0.4) is 0 Å². The van der Waals surface area contributed by atoms with Crippen molar-refractivity contribution in [1.29, 1.82) is 0 Å². The van der Waals surface area contributed by atoms with Gasteiger partial charge in [-0.25, -0.2) is 4.98 Å². The summed E-state index contributed by atoms with van der Waals surface area (Å²) in [6, 6.07) is 5.31. The van der Waals surface area contributed by atoms with Crippen LogP contribution in [0.1, 0.15) is 6.92 Å². The van der Waals surface area contributed by atoms with Gasteiger partial charge in [-0.1, -0.05) is 30.1 Å². The molecular weight excluding hydrogens is 426 g/mol. The molecule has 0 bridgehead atoms. The topological polar surface area (TPSA) is 54.4 Å². The number of aromatic nitrogens is 1. The van der Waals surface area contributed by atoms with Gasteiger partial charge in [0.1, 0.15) is 23.4 Å². The Bertz CT molecular complexity index is 640. The number of aliphatic hydroxyl groups is 1. The number of hydrogen-bond acceptors (Lipinski definition) is 4. The molecule has 2 rings (SSSR count). The zero-order valence-electron chi connectivity index (χ0n) is 11.4. The van der Waals surface area contributed by atoms with E-state index in [-0.39, 0.29) is 6.61 Å². The van der Waals surface area contributed by atoms with Gasteiger partial charge in [-0.3, -0.25) is 0 Å². The molecule has 2 N–H and O–H groups in total. The average molecular weight is 441 g/mol. The molecule has 0 spiro atoms. The Labute approximate surface area is 146 Å². The summed E-state index contributed by atoms with van der Waals surface area (Å²) in [5.74, 6) is 0.591. The van der Waals surface area contributed by atoms with E-state index in [4.69, 9.17) is 27.9 Å². The minimum atomic E-state index is -0.592. The largest absolute Gasteiger partial charge is 0.487 e. The van der Waals surface area contributed by atoms with Gasteiger partial charge < -0.3 is 15.2 Å². The molecule has 2 aromatic rings. The molecule has 0 saturated heterocycles. The van der Waals surface area contributed by atoms with Gasteiger partial charge in [-0.15, -0.1) is 0 Å². The second-order valence-corrected chi connectivity index (χ2v) is 6.43. The van der Waals surface area contributed by atoms with E-state index in [1.165, 1.54) is 0 Å². The van der Waals surface area contributed by atoms with E-state index < -0.39 is 6.10 Å². The summed E-state index contributed by atoms with van der Waals surface area (Å²) in [4.78, 5) is 4.29. The molecule has 1 aromatic heterocycles. The highest BCUT2D eigenvalue weighted by molar-refractivity contribution is 14.1. The predicted octanol–water partition coefficient (Wildman–Crippen LogP) is 3.50. The van der Waals surface area contributed by atoms with Crippen molar-refractivity contribution >= 4 is 56.7 Å². The van der Waals surface area contributed by atoms with Crippen LogP contribution in [0, 0.1) is 3.57 Å². The van der Waals surface area contributed by atoms with Crippen LogP contribution in [-0.4, -0.2) is 35.9 Å². The molecule has 1 aromatic carbocycles. The van der Waals surface area contributed by atoms with Gasteiger partial charge in [0.15, 0.2) is 5.75 Å². The second kappa shape index (κ2) is 7.78. The fraction of sp³-hybridized carbons (Fsp3) is 0.357. The van der Waals surface area contributed by atoms with E-state index in [0.29, 0.717) is 28.0 Å². The molecule has 7 heteroatoms. The summed E-state index contributed by atoms with van der Waals surface area (Å²) in [6.45, 7) is 3.44. The predicted molar refractivity (Wildman–Crippen MR) is 94.5 cm³/mol. The van der Waals surface area contributed by atoms with E-state index in [1.807, 2.05) is 19.1 Å². The lowest BCUT2D eigenvalue weighted by molar-refractivity contribution is 0.107. The molecule has 4 nitrogen and oxygen atoms in total. The summed E-state index contributed by atoms with van der Waals surface area (Å²) < 4.78 is 6.57. The van der Waals surface area contributed by atoms with Gasteiger partial charge in [0.05, 0.1) is 8.59 Å². The Balaban J connectivity index is 2.28. The molecule has 1 atom stereocenters. The first kappa shape index (κ1) is 17.0. The van der Waals surface area contributed by atoms with E-state index in [2.05, 4.69) is 32.9 Å². The van der Waals surface area contributed by atoms with E-state index in [9.17, 15) is 5.11 Å². The number of pyridine rings is 1. The number of aliphatic hydroxyl groups excluding tert-OH is 1. The van der Waals surface area contributed by atoms with Gasteiger partial charge in [0.25, 0.3) is 0 Å². The monoisotopic (exact) mass is 440 g/mol. The van der Waals surface area contributed by atoms with Crippen LogP contribution in [0.5, 0.6) is 5.75 Å². The number of halogens is 3. The van der Waals surface area contributed by atoms with Gasteiger partial charge in [-0.2, -0.15) is 0 Å². The molecule has 0 aliphatic rings. The lowest BCUT2D eigenvalue weighted by atomic mass is 10.2. The third-order valence-corrected chi connectivity index (χ3v) is 4.18. The number of hydrogen-bond donors (Lipinski definition) is 2. The Hall–Kier alpha value is -0.340. The summed E-state index contributed by atoms with van der Waals surface area (Å²) >= 11 is 14.3. The normalized spacial score (nSPS) is 12.6. The second-order valence-electron chi connectivity index (χ2n) is 4.47. The number of benzene rings is 1. The van der Waals surface area contributed by atoms with Gasteiger partial charge in [0, 0.05) is 11.9 Å². The lowest BCUT2D eigenvalue weighted by Crippen LogP contribution is -2.31. The summed E-state index contributed by atoms with van der Waals surface area (Å²) in [6.07, 6.45) is -0.592. The van der Waals surface area contributed by atoms with Crippen LogP contribution >= 0.6 is 45.8 Å². The maximum Gasteiger partial charge on any atom is 0.159 e. The van der Waals surface area contributed by atoms with E-state index in [0.717, 1.165) is 15.5 Å². The number of ether oxygens (including phenoxy) is 1. The van der Waals surface area contributed by atoms with Crippen molar-refractivity contribution in [2.45, 2.75) is 13.0 Å². The maximum atomic E-state index is 9.85. The molecule has 0 aliphatic heterocycles. The van der Waals surface area contributed by atoms with Crippen molar-refractivity contribution < 1.29 is 9.84 Å². The van der Waals surface area contributed by atoms with Crippen molar-refractivity contribution in [3.8, 4) is 5.75 Å². The van der Waals surface area contributed by atoms with Crippen molar-refractivity contribution in [2.75, 3.05) is 19.7 Å². The highest BCUT2D eigenvalue weighted by atomic mass is 127. The molecule has 0 radical (unpaired) electrons. The smallest absolute Gasteiger partial charge is 0.159 e. The Kier molecular flexibility index (Phi) is 6.31. The van der Waals surface area contributed by atoms with Crippen molar-refractivity contribution in [3.05, 3.63) is 31.9 Å². The van der Waals surface area contributed by atoms with Gasteiger partial charge >= 0.3 is 0 Å². The number of fused-ring (bicyclic) bond motifs is 1. The zero-order chi connectivity index (χ0) is 15.4. The maximum absolute atomic E-state index is 9.85. The van der Waals surface area contributed by atoms with Crippen molar-refractivity contribution in [2.24, 2.45) is 0 Å². The molecule has 0 amide bonds. The van der Waals surface area contributed by atoms with Crippen LogP contribution in [0.15, 0.2) is 18.2 Å². The third kappa shape index (κ3) is 4.32. The summed E-state index contributed by atoms with van der Waals surface area (Å²) in [7, 11) is 0. The molecule has 21 heavy (non-hydrogen) atoms. The van der Waals surface area contributed by atoms with Crippen LogP contribution in [0.25, 0.3) is 10.9 Å². The van der Waals surface area contributed by atoms with E-state index in [1.54, 1.807) is 6.07 Å². The van der Waals surface area contributed by atoms with E-state index >= 15 is 0 Å². The summed E-state index contributed by atoms with van der Waals surface area (Å²) in [5, 5.41) is 14.7. The fourth-order valence-electron chi connectivity index (χ4n) is 1.86. The number of likely N-dealkylation sites (N-methyl/N-ethyl adjacent to an activating group) is 1. The minimum Gasteiger partial charge on any atom is -0.487 e. The molecule has 0 aliphatic carbocycles. The highest BCUT2D eigenvalue weighted by Crippen LogP contribution is 2.35. The molecule has 114 valence electrons. The number of rotatable bonds is 6. The van der Waals surface area contributed by atoms with Crippen molar-refractivity contribution in [3.63, 3.8) is 0 Å². The van der Waals surface area contributed by atoms with Gasteiger partial charge in [0.2, 0.25) is 0 Å². The summed E-state index contributed by atoms with van der Waals surface area (Å²) in [5.41, 5.74) is 0.607. The first-order chi connectivity index (χ1) is 10.0. The Morgan fingerprint density at radius 1 is 1.43 bits per heavy atom. The van der Waals surface area contributed by atoms with Crippen LogP contribution in [-0.2, 0) is 0 Å². The van der Waals surface area contributed by atoms with Crippen LogP contribution in [0.2, 0.25) is 10.2 Å². The molecular formula is C14H15Cl2IN2O2. The molecule has 0 saturated carbocycles. The molecule has 1 heterocycles. The number of nitrogens with zero attached hydrogens (tertiary/aromatic N) is 1. The number of nitrogens with one attached hydrogen (secondary N) is 1. The minimum absolute atomic E-state index is 0.175. The quantitative estimate of drug-likeness (QED) is 0.533. The van der Waals surface area contributed by atoms with Crippen LogP contribution < -0.4 is 10.1 Å². The standard InChI is InChI=1S/C14H15Cl2IN2O2/c1-2-18-6-8(20)7-21-14-11(17)5-10(15)9-3-4-12(16)19-13(9)14/h3-5,8,18,20H,2,6-7H2,1H3. The SMILES string of the molecule is CCNCC(O)COc1c(I)cc(Cl)c2ccc(Cl)nc12. The molecule has 0 fully saturated rings. The highest BCUT2D eigenvalue weighted by Gasteiger charge is 2.14. The fourth-order valence-corrected chi connectivity index (χ4v) is 3.17. The average Bonchev–Trinajstić information content (AvgIpc) is 2.44. The van der Waals surface area contributed by atoms with Crippen LogP contribution in [0.4, 0.5) is 0 Å². The lowest BCUT2D eigenvalue weighted by Gasteiger charge is -2.15. The zero-order valence-corrected chi connectivity index (χ0v) is 15.0. The van der Waals surface area contributed by atoms with Crippen molar-refractivity contribution in [1.82, 2.24) is 10.3 Å². The Morgan fingerprint density at radius 2 is 2.19 bits per heavy atom. The Morgan fingerprint density at radius 3 is 2.90 bits per heavy atom. The molecule has 1 unspecified atom stereocenters.